The third-order valence-electron chi connectivity index (χ3n) is 3.38. The zero-order valence-corrected chi connectivity index (χ0v) is 9.47. The van der Waals surface area contributed by atoms with Gasteiger partial charge in [-0.1, -0.05) is 12.8 Å². The zero-order valence-electron chi connectivity index (χ0n) is 9.47. The molecule has 0 unspecified atom stereocenters. The van der Waals surface area contributed by atoms with E-state index in [0.29, 0.717) is 5.65 Å². The second-order valence-corrected chi connectivity index (χ2v) is 4.49. The van der Waals surface area contributed by atoms with E-state index in [4.69, 9.17) is 5.73 Å². The minimum Gasteiger partial charge on any atom is -0.368 e. The number of nitrogen functional groups attached to an aromatic ring is 1. The predicted octanol–water partition coefficient (Wildman–Crippen LogP) is 1.49. The number of aromatic nitrogens is 3. The van der Waals surface area contributed by atoms with Gasteiger partial charge in [-0.25, -0.2) is 4.98 Å². The van der Waals surface area contributed by atoms with Crippen LogP contribution in [0.5, 0.6) is 0 Å². The summed E-state index contributed by atoms with van der Waals surface area (Å²) >= 11 is 0. The number of hydrogen-bond donors (Lipinski definition) is 1. The van der Waals surface area contributed by atoms with Gasteiger partial charge in [-0.2, -0.15) is 4.98 Å². The molecule has 0 amide bonds. The van der Waals surface area contributed by atoms with Gasteiger partial charge < -0.3 is 5.73 Å². The third kappa shape index (κ3) is 1.67. The first-order chi connectivity index (χ1) is 8.25. The Labute approximate surface area is 98.3 Å². The molecule has 2 N–H and O–H groups in total. The Bertz CT molecular complexity index is 613. The van der Waals surface area contributed by atoms with Gasteiger partial charge in [0, 0.05) is 23.7 Å². The molecular weight excluding hydrogens is 216 g/mol. The molecule has 88 valence electrons. The molecule has 3 rings (SSSR count). The van der Waals surface area contributed by atoms with Gasteiger partial charge in [-0.3, -0.25) is 9.36 Å². The van der Waals surface area contributed by atoms with Crippen LogP contribution in [0.15, 0.2) is 23.1 Å². The first-order valence-electron chi connectivity index (χ1n) is 5.89. The van der Waals surface area contributed by atoms with E-state index < -0.39 is 0 Å². The highest BCUT2D eigenvalue weighted by Gasteiger charge is 2.20. The van der Waals surface area contributed by atoms with Gasteiger partial charge in [0.2, 0.25) is 5.95 Å². The van der Waals surface area contributed by atoms with Gasteiger partial charge in [0.25, 0.3) is 5.56 Å². The maximum absolute atomic E-state index is 12.0. The molecule has 2 heterocycles. The van der Waals surface area contributed by atoms with Crippen LogP contribution in [-0.4, -0.2) is 14.5 Å². The first kappa shape index (κ1) is 10.3. The second-order valence-electron chi connectivity index (χ2n) is 4.49. The van der Waals surface area contributed by atoms with Crippen LogP contribution in [0.4, 0.5) is 5.95 Å². The molecule has 0 saturated heterocycles. The standard InChI is InChI=1S/C12H14N4O/c13-12-14-7-8-5-6-10(17)16(11(8)15-12)9-3-1-2-4-9/h5-7,9H,1-4H2,(H2,13,14,15). The highest BCUT2D eigenvalue weighted by Crippen LogP contribution is 2.30. The molecule has 1 aliphatic rings. The molecule has 1 saturated carbocycles. The van der Waals surface area contributed by atoms with Crippen molar-refractivity contribution < 1.29 is 0 Å². The summed E-state index contributed by atoms with van der Waals surface area (Å²) in [6.07, 6.45) is 6.11. The Morgan fingerprint density at radius 2 is 2.06 bits per heavy atom. The highest BCUT2D eigenvalue weighted by atomic mass is 16.1. The summed E-state index contributed by atoms with van der Waals surface area (Å²) in [6, 6.07) is 3.60. The van der Waals surface area contributed by atoms with E-state index in [0.717, 1.165) is 18.2 Å². The molecule has 0 aromatic carbocycles. The van der Waals surface area contributed by atoms with Crippen molar-refractivity contribution in [3.8, 4) is 0 Å². The molecule has 0 aliphatic heterocycles. The van der Waals surface area contributed by atoms with Crippen LogP contribution < -0.4 is 11.3 Å². The smallest absolute Gasteiger partial charge is 0.252 e. The molecule has 0 radical (unpaired) electrons. The van der Waals surface area contributed by atoms with Gasteiger partial charge in [0.15, 0.2) is 0 Å². The van der Waals surface area contributed by atoms with Crippen LogP contribution in [0.25, 0.3) is 11.0 Å². The van der Waals surface area contributed by atoms with Crippen LogP contribution in [0.3, 0.4) is 0 Å². The number of nitrogens with two attached hydrogens (primary N) is 1. The molecule has 0 spiro atoms. The van der Waals surface area contributed by atoms with Crippen LogP contribution in [0.2, 0.25) is 0 Å². The van der Waals surface area contributed by atoms with Crippen LogP contribution in [0.1, 0.15) is 31.7 Å². The Kier molecular flexibility index (Phi) is 2.31. The predicted molar refractivity (Wildman–Crippen MR) is 65.7 cm³/mol. The van der Waals surface area contributed by atoms with Crippen molar-refractivity contribution in [1.82, 2.24) is 14.5 Å². The van der Waals surface area contributed by atoms with Gasteiger partial charge in [0.05, 0.1) is 0 Å². The largest absolute Gasteiger partial charge is 0.368 e. The van der Waals surface area contributed by atoms with Crippen LogP contribution in [-0.2, 0) is 0 Å². The summed E-state index contributed by atoms with van der Waals surface area (Å²) in [4.78, 5) is 20.2. The number of nitrogens with zero attached hydrogens (tertiary/aromatic N) is 3. The monoisotopic (exact) mass is 230 g/mol. The van der Waals surface area contributed by atoms with Gasteiger partial charge in [0.1, 0.15) is 5.65 Å². The number of rotatable bonds is 1. The molecule has 2 aromatic heterocycles. The van der Waals surface area contributed by atoms with E-state index in [1.54, 1.807) is 22.9 Å². The van der Waals surface area contributed by atoms with Crippen molar-refractivity contribution in [2.24, 2.45) is 0 Å². The first-order valence-corrected chi connectivity index (χ1v) is 5.89. The SMILES string of the molecule is Nc1ncc2ccc(=O)n(C3CCCC3)c2n1. The van der Waals surface area contributed by atoms with E-state index in [9.17, 15) is 4.79 Å². The van der Waals surface area contributed by atoms with Crippen LogP contribution in [0, 0.1) is 0 Å². The summed E-state index contributed by atoms with van der Waals surface area (Å²) in [5.41, 5.74) is 6.27. The second kappa shape index (κ2) is 3.84. The van der Waals surface area contributed by atoms with Crippen LogP contribution >= 0.6 is 0 Å². The van der Waals surface area contributed by atoms with E-state index in [2.05, 4.69) is 9.97 Å². The van der Waals surface area contributed by atoms with Crippen molar-refractivity contribution >= 4 is 17.0 Å². The maximum atomic E-state index is 12.0. The Balaban J connectivity index is 2.29. The number of fused-ring (bicyclic) bond motifs is 1. The fraction of sp³-hybridized carbons (Fsp3) is 0.417. The van der Waals surface area contributed by atoms with E-state index in [-0.39, 0.29) is 17.5 Å². The quantitative estimate of drug-likeness (QED) is 0.805. The molecule has 1 fully saturated rings. The molecule has 5 nitrogen and oxygen atoms in total. The minimum atomic E-state index is 0.00231. The van der Waals surface area contributed by atoms with Crippen molar-refractivity contribution in [2.45, 2.75) is 31.7 Å². The van der Waals surface area contributed by atoms with Crippen molar-refractivity contribution in [1.29, 1.82) is 0 Å². The highest BCUT2D eigenvalue weighted by molar-refractivity contribution is 5.74. The summed E-state index contributed by atoms with van der Waals surface area (Å²) in [5.74, 6) is 0.217. The van der Waals surface area contributed by atoms with Crippen molar-refractivity contribution in [2.75, 3.05) is 5.73 Å². The normalized spacial score (nSPS) is 16.7. The van der Waals surface area contributed by atoms with E-state index in [1.807, 2.05) is 0 Å². The molecule has 1 aliphatic carbocycles. The molecule has 17 heavy (non-hydrogen) atoms. The summed E-state index contributed by atoms with van der Waals surface area (Å²) in [7, 11) is 0. The number of hydrogen-bond acceptors (Lipinski definition) is 4. The molecule has 2 aromatic rings. The number of anilines is 1. The summed E-state index contributed by atoms with van der Waals surface area (Å²) in [5, 5.41) is 0.866. The topological polar surface area (TPSA) is 73.8 Å². The number of pyridine rings is 1. The van der Waals surface area contributed by atoms with E-state index >= 15 is 0 Å². The van der Waals surface area contributed by atoms with Gasteiger partial charge >= 0.3 is 0 Å². The van der Waals surface area contributed by atoms with E-state index in [1.165, 1.54) is 12.8 Å². The Morgan fingerprint density at radius 1 is 1.29 bits per heavy atom. The Hall–Kier alpha value is -1.91. The Morgan fingerprint density at radius 3 is 2.82 bits per heavy atom. The van der Waals surface area contributed by atoms with Crippen molar-refractivity contribution in [3.05, 3.63) is 28.7 Å². The third-order valence-corrected chi connectivity index (χ3v) is 3.38. The minimum absolute atomic E-state index is 0.00231. The molecule has 5 heteroatoms. The van der Waals surface area contributed by atoms with Crippen molar-refractivity contribution in [3.63, 3.8) is 0 Å². The fourth-order valence-electron chi connectivity index (χ4n) is 2.57. The molecule has 0 atom stereocenters. The average Bonchev–Trinajstić information content (AvgIpc) is 2.82. The fourth-order valence-corrected chi connectivity index (χ4v) is 2.57. The lowest BCUT2D eigenvalue weighted by Crippen LogP contribution is -2.23. The average molecular weight is 230 g/mol. The summed E-state index contributed by atoms with van der Waals surface area (Å²) in [6.45, 7) is 0. The zero-order chi connectivity index (χ0) is 11.8. The summed E-state index contributed by atoms with van der Waals surface area (Å²) < 4.78 is 1.78. The lowest BCUT2D eigenvalue weighted by atomic mass is 10.2. The maximum Gasteiger partial charge on any atom is 0.252 e. The lowest BCUT2D eigenvalue weighted by Gasteiger charge is -2.15. The molecular formula is C12H14N4O. The lowest BCUT2D eigenvalue weighted by molar-refractivity contribution is 0.516. The van der Waals surface area contributed by atoms with Gasteiger partial charge in [-0.15, -0.1) is 0 Å². The van der Waals surface area contributed by atoms with Gasteiger partial charge in [-0.05, 0) is 18.9 Å². The molecule has 0 bridgehead atoms.